The first-order valence-corrected chi connectivity index (χ1v) is 11.2. The molecule has 2 aromatic heterocycles. The lowest BCUT2D eigenvalue weighted by molar-refractivity contribution is 0.309. The van der Waals surface area contributed by atoms with Crippen LogP contribution in [0, 0.1) is 5.82 Å². The van der Waals surface area contributed by atoms with E-state index in [0.717, 1.165) is 4.57 Å². The fourth-order valence-electron chi connectivity index (χ4n) is 2.59. The number of hydrogen-bond acceptors (Lipinski definition) is 9. The van der Waals surface area contributed by atoms with Gasteiger partial charge in [0.15, 0.2) is 5.69 Å². The van der Waals surface area contributed by atoms with E-state index in [-0.39, 0.29) is 52.3 Å². The number of aromatic nitrogens is 4. The molecule has 11 nitrogen and oxygen atoms in total. The average Bonchev–Trinajstić information content (AvgIpc) is 3.26. The van der Waals surface area contributed by atoms with E-state index in [0.29, 0.717) is 0 Å². The van der Waals surface area contributed by atoms with Crippen molar-refractivity contribution in [2.45, 2.75) is 26.3 Å². The van der Waals surface area contributed by atoms with Gasteiger partial charge in [-0.3, -0.25) is 4.52 Å². The molecule has 0 aliphatic carbocycles. The van der Waals surface area contributed by atoms with Gasteiger partial charge in [0.1, 0.15) is 5.82 Å². The smallest absolute Gasteiger partial charge is 0.365 e. The molecular weight excluding hydrogens is 487 g/mol. The van der Waals surface area contributed by atoms with E-state index in [1.807, 2.05) is 0 Å². The minimum atomic E-state index is -3.39. The predicted molar refractivity (Wildman–Crippen MR) is 108 cm³/mol. The molecule has 0 fully saturated rings. The summed E-state index contributed by atoms with van der Waals surface area (Å²) in [4.78, 5) is 12.2. The second-order valence-electron chi connectivity index (χ2n) is 6.54. The third-order valence-electron chi connectivity index (χ3n) is 3.76. The van der Waals surface area contributed by atoms with Gasteiger partial charge in [0.25, 0.3) is 0 Å². The van der Waals surface area contributed by atoms with Crippen LogP contribution in [0.4, 0.5) is 10.2 Å². The van der Waals surface area contributed by atoms with Gasteiger partial charge in [-0.15, -0.1) is 0 Å². The van der Waals surface area contributed by atoms with Gasteiger partial charge in [-0.1, -0.05) is 5.16 Å². The highest BCUT2D eigenvalue weighted by atomic mass is 79.9. The quantitative estimate of drug-likeness (QED) is 0.417. The topological polar surface area (TPSA) is 145 Å². The number of rotatable bonds is 9. The second kappa shape index (κ2) is 9.06. The molecule has 1 aromatic carbocycles. The normalized spacial score (nSPS) is 11.9. The number of halogens is 2. The van der Waals surface area contributed by atoms with E-state index in [1.165, 1.54) is 18.2 Å². The second-order valence-corrected chi connectivity index (χ2v) is 9.27. The summed E-state index contributed by atoms with van der Waals surface area (Å²) in [7, 11) is -3.39. The van der Waals surface area contributed by atoms with Crippen LogP contribution in [-0.2, 0) is 10.0 Å². The van der Waals surface area contributed by atoms with Crippen LogP contribution < -0.4 is 15.8 Å². The summed E-state index contributed by atoms with van der Waals surface area (Å²) in [5.74, 6) is -1.28. The predicted octanol–water partition coefficient (Wildman–Crippen LogP) is 1.91. The van der Waals surface area contributed by atoms with Crippen LogP contribution >= 0.6 is 15.9 Å². The molecule has 162 valence electrons. The highest BCUT2D eigenvalue weighted by molar-refractivity contribution is 9.10. The number of nitrogens with zero attached hydrogens (tertiary/aromatic N) is 4. The van der Waals surface area contributed by atoms with Crippen molar-refractivity contribution in [3.05, 3.63) is 39.0 Å². The fourth-order valence-corrected chi connectivity index (χ4v) is 4.32. The van der Waals surface area contributed by atoms with Gasteiger partial charge in [0.2, 0.25) is 21.7 Å². The minimum absolute atomic E-state index is 0.0173. The largest absolute Gasteiger partial charge is 0.446 e. The molecule has 3 rings (SSSR count). The zero-order valence-corrected chi connectivity index (χ0v) is 18.3. The van der Waals surface area contributed by atoms with E-state index in [1.54, 1.807) is 13.8 Å². The van der Waals surface area contributed by atoms with Crippen molar-refractivity contribution in [3.8, 4) is 17.2 Å². The van der Waals surface area contributed by atoms with Crippen LogP contribution in [0.3, 0.4) is 0 Å². The first-order valence-electron chi connectivity index (χ1n) is 8.79. The van der Waals surface area contributed by atoms with Crippen molar-refractivity contribution in [3.63, 3.8) is 0 Å². The molecule has 14 heteroatoms. The number of sulfonamides is 1. The molecule has 0 bridgehead atoms. The molecule has 0 saturated heterocycles. The van der Waals surface area contributed by atoms with E-state index in [4.69, 9.17) is 9.15 Å². The Kier molecular flexibility index (Phi) is 6.67. The van der Waals surface area contributed by atoms with Gasteiger partial charge >= 0.3 is 5.76 Å². The Hall–Kier alpha value is -2.58. The lowest BCUT2D eigenvalue weighted by atomic mass is 10.3. The van der Waals surface area contributed by atoms with Crippen LogP contribution in [0.5, 0.6) is 0 Å². The Morgan fingerprint density at radius 3 is 2.73 bits per heavy atom. The van der Waals surface area contributed by atoms with Crippen molar-refractivity contribution in [1.82, 2.24) is 24.8 Å². The molecule has 0 saturated carbocycles. The first kappa shape index (κ1) is 22.1. The summed E-state index contributed by atoms with van der Waals surface area (Å²) in [6, 6.07) is 3.74. The third kappa shape index (κ3) is 5.12. The molecule has 0 atom stereocenters. The lowest BCUT2D eigenvalue weighted by Gasteiger charge is -2.09. The average molecular weight is 505 g/mol. The maximum absolute atomic E-state index is 13.5. The van der Waals surface area contributed by atoms with Crippen LogP contribution in [0.25, 0.3) is 17.2 Å². The van der Waals surface area contributed by atoms with Crippen LogP contribution in [-0.4, -0.2) is 46.8 Å². The van der Waals surface area contributed by atoms with Gasteiger partial charge in [0, 0.05) is 12.6 Å². The SMILES string of the molecule is CC(C)NS(=O)(=O)CCCNc1nonc1-c1noc(=O)n1-c1ccc(F)c(Br)c1. The summed E-state index contributed by atoms with van der Waals surface area (Å²) >= 11 is 3.06. The Morgan fingerprint density at radius 2 is 2.03 bits per heavy atom. The van der Waals surface area contributed by atoms with Gasteiger partial charge in [-0.2, -0.15) is 0 Å². The highest BCUT2D eigenvalue weighted by Crippen LogP contribution is 2.26. The summed E-state index contributed by atoms with van der Waals surface area (Å²) in [5, 5.41) is 14.1. The Labute approximate surface area is 178 Å². The maximum atomic E-state index is 13.5. The van der Waals surface area contributed by atoms with Crippen LogP contribution in [0.2, 0.25) is 0 Å². The van der Waals surface area contributed by atoms with Crippen LogP contribution in [0.15, 0.2) is 36.6 Å². The Bertz CT molecular complexity index is 1190. The fraction of sp³-hybridized carbons (Fsp3) is 0.375. The van der Waals surface area contributed by atoms with E-state index in [9.17, 15) is 17.6 Å². The zero-order chi connectivity index (χ0) is 21.9. The maximum Gasteiger partial charge on any atom is 0.446 e. The molecule has 0 spiro atoms. The van der Waals surface area contributed by atoms with Crippen molar-refractivity contribution < 1.29 is 22.0 Å². The van der Waals surface area contributed by atoms with Gasteiger partial charge in [-0.25, -0.2) is 31.5 Å². The first-order chi connectivity index (χ1) is 14.2. The molecule has 0 unspecified atom stereocenters. The third-order valence-corrected chi connectivity index (χ3v) is 6.03. The van der Waals surface area contributed by atoms with Gasteiger partial charge in [-0.05, 0) is 64.7 Å². The minimum Gasteiger partial charge on any atom is -0.365 e. The number of benzene rings is 1. The summed E-state index contributed by atoms with van der Waals surface area (Å²) in [6.45, 7) is 3.71. The Balaban J connectivity index is 1.78. The van der Waals surface area contributed by atoms with Crippen molar-refractivity contribution in [2.24, 2.45) is 0 Å². The zero-order valence-electron chi connectivity index (χ0n) is 15.9. The van der Waals surface area contributed by atoms with Gasteiger partial charge in [0.05, 0.1) is 15.9 Å². The summed E-state index contributed by atoms with van der Waals surface area (Å²) in [5.41, 5.74) is 0.355. The number of nitrogens with one attached hydrogen (secondary N) is 2. The van der Waals surface area contributed by atoms with Crippen molar-refractivity contribution in [2.75, 3.05) is 17.6 Å². The lowest BCUT2D eigenvalue weighted by Crippen LogP contribution is -2.32. The number of anilines is 1. The molecule has 2 N–H and O–H groups in total. The summed E-state index contributed by atoms with van der Waals surface area (Å²) in [6.07, 6.45) is 0.283. The molecule has 0 radical (unpaired) electrons. The van der Waals surface area contributed by atoms with E-state index in [2.05, 4.69) is 41.4 Å². The molecule has 0 amide bonds. The molecular formula is C16H18BrFN6O5S. The van der Waals surface area contributed by atoms with Crippen molar-refractivity contribution >= 4 is 31.8 Å². The highest BCUT2D eigenvalue weighted by Gasteiger charge is 2.23. The van der Waals surface area contributed by atoms with E-state index < -0.39 is 21.6 Å². The number of hydrogen-bond donors (Lipinski definition) is 2. The molecule has 0 aliphatic heterocycles. The molecule has 0 aliphatic rings. The van der Waals surface area contributed by atoms with Gasteiger partial charge < -0.3 is 5.32 Å². The summed E-state index contributed by atoms with van der Waals surface area (Å²) < 4.78 is 50.5. The Morgan fingerprint density at radius 1 is 1.27 bits per heavy atom. The molecule has 30 heavy (non-hydrogen) atoms. The molecule has 3 aromatic rings. The van der Waals surface area contributed by atoms with E-state index >= 15 is 0 Å². The van der Waals surface area contributed by atoms with Crippen LogP contribution in [0.1, 0.15) is 20.3 Å². The molecule has 2 heterocycles. The van der Waals surface area contributed by atoms with Crippen molar-refractivity contribution in [1.29, 1.82) is 0 Å². The standard InChI is InChI=1S/C16H18BrFN6O5S/c1-9(2)23-30(26,27)7-3-6-19-14-13(20-29-21-14)15-22-28-16(25)24(15)10-4-5-12(18)11(17)8-10/h4-5,8-9,23H,3,6-7H2,1-2H3,(H,19,21). The monoisotopic (exact) mass is 504 g/mol.